The van der Waals surface area contributed by atoms with Gasteiger partial charge in [0.25, 0.3) is 0 Å². The summed E-state index contributed by atoms with van der Waals surface area (Å²) in [5, 5.41) is 0.747. The molecule has 0 amide bonds. The van der Waals surface area contributed by atoms with E-state index in [9.17, 15) is 0 Å². The van der Waals surface area contributed by atoms with Crippen LogP contribution in [-0.2, 0) is 0 Å². The van der Waals surface area contributed by atoms with Gasteiger partial charge in [0.2, 0.25) is 0 Å². The highest BCUT2D eigenvalue weighted by Crippen LogP contribution is 2.27. The molecule has 2 atom stereocenters. The van der Waals surface area contributed by atoms with Gasteiger partial charge >= 0.3 is 0 Å². The van der Waals surface area contributed by atoms with Gasteiger partial charge in [-0.3, -0.25) is 0 Å². The maximum atomic E-state index is 6.29. The van der Waals surface area contributed by atoms with Crippen molar-refractivity contribution in [3.05, 3.63) is 33.3 Å². The molecule has 5 heteroatoms. The number of hydrogen-bond acceptors (Lipinski definition) is 3. The monoisotopic (exact) mass is 373 g/mol. The molecule has 2 unspecified atom stereocenters. The highest BCUT2D eigenvalue weighted by Gasteiger charge is 2.21. The summed E-state index contributed by atoms with van der Waals surface area (Å²) in [5.41, 5.74) is 7.33. The van der Waals surface area contributed by atoms with E-state index < -0.39 is 0 Å². The molecule has 0 radical (unpaired) electrons. The number of hydrogen-bond donors (Lipinski definition) is 1. The van der Waals surface area contributed by atoms with Gasteiger partial charge in [-0.25, -0.2) is 0 Å². The first kappa shape index (κ1) is 17.2. The summed E-state index contributed by atoms with van der Waals surface area (Å²) in [6.45, 7) is 4.61. The third-order valence-corrected chi connectivity index (χ3v) is 5.06. The minimum atomic E-state index is -0.000647. The Balaban J connectivity index is 1.79. The molecule has 1 heterocycles. The summed E-state index contributed by atoms with van der Waals surface area (Å²) >= 11 is 9.69. The maximum Gasteiger partial charge on any atom is 0.0464 e. The van der Waals surface area contributed by atoms with E-state index in [1.807, 2.05) is 18.2 Å². The van der Waals surface area contributed by atoms with Gasteiger partial charge in [0, 0.05) is 28.6 Å². The Labute approximate surface area is 141 Å². The second kappa shape index (κ2) is 7.93. The van der Waals surface area contributed by atoms with Crippen molar-refractivity contribution in [1.82, 2.24) is 9.80 Å². The number of halogens is 2. The number of nitrogens with zero attached hydrogens (tertiary/aromatic N) is 2. The Morgan fingerprint density at radius 1 is 1.52 bits per heavy atom. The van der Waals surface area contributed by atoms with Crippen LogP contribution < -0.4 is 5.73 Å². The van der Waals surface area contributed by atoms with Crippen LogP contribution in [0.25, 0.3) is 0 Å². The third-order valence-electron chi connectivity index (χ3n) is 4.24. The smallest absolute Gasteiger partial charge is 0.0464 e. The van der Waals surface area contributed by atoms with Crippen LogP contribution in [0.1, 0.15) is 24.4 Å². The van der Waals surface area contributed by atoms with Gasteiger partial charge in [-0.1, -0.05) is 33.6 Å². The highest BCUT2D eigenvalue weighted by molar-refractivity contribution is 9.10. The fourth-order valence-electron chi connectivity index (χ4n) is 3.02. The van der Waals surface area contributed by atoms with Gasteiger partial charge in [0.1, 0.15) is 0 Å². The van der Waals surface area contributed by atoms with Crippen LogP contribution in [0.4, 0.5) is 0 Å². The number of likely N-dealkylation sites (tertiary alicyclic amines) is 1. The summed E-state index contributed by atoms with van der Waals surface area (Å²) < 4.78 is 0.992. The van der Waals surface area contributed by atoms with E-state index in [0.29, 0.717) is 0 Å². The third kappa shape index (κ3) is 5.22. The first-order valence-electron chi connectivity index (χ1n) is 7.53. The predicted octanol–water partition coefficient (Wildman–Crippen LogP) is 3.38. The molecule has 1 aliphatic rings. The molecule has 0 aromatic heterocycles. The normalized spacial score (nSPS) is 21.1. The van der Waals surface area contributed by atoms with Crippen molar-refractivity contribution >= 4 is 27.5 Å². The van der Waals surface area contributed by atoms with Gasteiger partial charge in [0.15, 0.2) is 0 Å². The molecule has 118 valence electrons. The average molecular weight is 375 g/mol. The van der Waals surface area contributed by atoms with E-state index in [1.54, 1.807) is 0 Å². The van der Waals surface area contributed by atoms with Gasteiger partial charge in [-0.2, -0.15) is 0 Å². The van der Waals surface area contributed by atoms with Crippen molar-refractivity contribution < 1.29 is 0 Å². The zero-order valence-corrected chi connectivity index (χ0v) is 15.2. The Kier molecular flexibility index (Phi) is 6.51. The Morgan fingerprint density at radius 3 is 2.90 bits per heavy atom. The van der Waals surface area contributed by atoms with Gasteiger partial charge in [0.05, 0.1) is 0 Å². The average Bonchev–Trinajstić information content (AvgIpc) is 2.81. The van der Waals surface area contributed by atoms with Crippen molar-refractivity contribution in [2.45, 2.75) is 18.9 Å². The van der Waals surface area contributed by atoms with E-state index in [-0.39, 0.29) is 6.04 Å². The molecule has 0 spiro atoms. The van der Waals surface area contributed by atoms with Crippen LogP contribution in [0.2, 0.25) is 5.02 Å². The van der Waals surface area contributed by atoms with Crippen molar-refractivity contribution in [2.24, 2.45) is 11.7 Å². The first-order valence-corrected chi connectivity index (χ1v) is 8.70. The zero-order chi connectivity index (χ0) is 15.4. The Hall–Kier alpha value is -0.130. The number of nitrogens with two attached hydrogens (primary N) is 1. The topological polar surface area (TPSA) is 32.5 Å². The van der Waals surface area contributed by atoms with Crippen LogP contribution in [0.15, 0.2) is 22.7 Å². The van der Waals surface area contributed by atoms with Crippen molar-refractivity contribution in [3.8, 4) is 0 Å². The first-order chi connectivity index (χ1) is 9.95. The molecular formula is C16H25BrClN3. The van der Waals surface area contributed by atoms with E-state index >= 15 is 0 Å². The van der Waals surface area contributed by atoms with E-state index in [4.69, 9.17) is 17.3 Å². The largest absolute Gasteiger partial charge is 0.324 e. The fourth-order valence-corrected chi connectivity index (χ4v) is 3.84. The summed E-state index contributed by atoms with van der Waals surface area (Å²) in [4.78, 5) is 4.81. The molecule has 1 saturated heterocycles. The minimum absolute atomic E-state index is 0.000647. The molecule has 3 nitrogen and oxygen atoms in total. The maximum absolute atomic E-state index is 6.29. The summed E-state index contributed by atoms with van der Waals surface area (Å²) in [5.74, 6) is 0.799. The summed E-state index contributed by atoms with van der Waals surface area (Å²) in [6, 6.07) is 5.93. The van der Waals surface area contributed by atoms with E-state index in [1.165, 1.54) is 19.5 Å². The minimum Gasteiger partial charge on any atom is -0.324 e. The highest BCUT2D eigenvalue weighted by atomic mass is 79.9. The second-order valence-electron chi connectivity index (χ2n) is 6.24. The lowest BCUT2D eigenvalue weighted by Gasteiger charge is -2.23. The molecular weight excluding hydrogens is 350 g/mol. The van der Waals surface area contributed by atoms with Crippen molar-refractivity contribution in [2.75, 3.05) is 40.3 Å². The fraction of sp³-hybridized carbons (Fsp3) is 0.625. The van der Waals surface area contributed by atoms with E-state index in [0.717, 1.165) is 40.5 Å². The van der Waals surface area contributed by atoms with E-state index in [2.05, 4.69) is 39.8 Å². The summed E-state index contributed by atoms with van der Waals surface area (Å²) in [7, 11) is 4.39. The molecule has 1 aromatic rings. The standard InChI is InChI=1S/C16H25BrClN3/c1-20-7-5-12(10-20)11-21(2)8-6-16(19)14-4-3-13(17)9-15(14)18/h3-4,9,12,16H,5-8,10-11,19H2,1-2H3. The van der Waals surface area contributed by atoms with Crippen LogP contribution in [0, 0.1) is 5.92 Å². The molecule has 0 bridgehead atoms. The van der Waals surface area contributed by atoms with Crippen LogP contribution in [0.3, 0.4) is 0 Å². The van der Waals surface area contributed by atoms with Gasteiger partial charge in [-0.05, 0) is 63.6 Å². The number of rotatable bonds is 6. The lowest BCUT2D eigenvalue weighted by atomic mass is 10.0. The Bertz CT molecular complexity index is 469. The van der Waals surface area contributed by atoms with Crippen LogP contribution in [-0.4, -0.2) is 50.1 Å². The predicted molar refractivity (Wildman–Crippen MR) is 93.8 cm³/mol. The van der Waals surface area contributed by atoms with Crippen LogP contribution in [0.5, 0.6) is 0 Å². The van der Waals surface area contributed by atoms with Crippen molar-refractivity contribution in [1.29, 1.82) is 0 Å². The van der Waals surface area contributed by atoms with Gasteiger partial charge in [-0.15, -0.1) is 0 Å². The van der Waals surface area contributed by atoms with Crippen LogP contribution >= 0.6 is 27.5 Å². The zero-order valence-electron chi connectivity index (χ0n) is 12.9. The summed E-state index contributed by atoms with van der Waals surface area (Å²) in [6.07, 6.45) is 2.24. The molecule has 2 rings (SSSR count). The molecule has 2 N–H and O–H groups in total. The lowest BCUT2D eigenvalue weighted by Crippen LogP contribution is -2.30. The molecule has 21 heavy (non-hydrogen) atoms. The molecule has 1 aliphatic heterocycles. The number of benzene rings is 1. The lowest BCUT2D eigenvalue weighted by molar-refractivity contribution is 0.265. The molecule has 1 fully saturated rings. The quantitative estimate of drug-likeness (QED) is 0.828. The van der Waals surface area contributed by atoms with Crippen molar-refractivity contribution in [3.63, 3.8) is 0 Å². The molecule has 0 aliphatic carbocycles. The van der Waals surface area contributed by atoms with Gasteiger partial charge < -0.3 is 15.5 Å². The molecule has 0 saturated carbocycles. The SMILES string of the molecule is CN1CCC(CN(C)CCC(N)c2ccc(Br)cc2Cl)C1. The Morgan fingerprint density at radius 2 is 2.29 bits per heavy atom. The second-order valence-corrected chi connectivity index (χ2v) is 7.56. The molecule has 1 aromatic carbocycles.